The molecule has 2 unspecified atom stereocenters. The number of nitrogens with zero attached hydrogens (tertiary/aromatic N) is 5. The second-order valence-corrected chi connectivity index (χ2v) is 10.6. The van der Waals surface area contributed by atoms with Crippen molar-refractivity contribution in [2.75, 3.05) is 57.9 Å². The minimum absolute atomic E-state index is 0.0749. The van der Waals surface area contributed by atoms with Gasteiger partial charge in [-0.15, -0.1) is 0 Å². The first-order chi connectivity index (χ1) is 20.8. The van der Waals surface area contributed by atoms with Crippen molar-refractivity contribution in [2.24, 2.45) is 0 Å². The van der Waals surface area contributed by atoms with Gasteiger partial charge in [-0.3, -0.25) is 14.4 Å². The number of benzene rings is 1. The van der Waals surface area contributed by atoms with E-state index in [1.807, 2.05) is 30.3 Å². The van der Waals surface area contributed by atoms with E-state index in [-0.39, 0.29) is 57.4 Å². The van der Waals surface area contributed by atoms with E-state index in [2.05, 4.69) is 15.2 Å². The molecule has 1 aromatic heterocycles. The average molecular weight is 597 g/mol. The standard InChI is InChI=1S/C30H40N6O7/c1-3-43-30(41)35-17-15-34(16-18-35)29(40)23(12-13-26(37)38)32-28(39)24-19-25(36-14-8-7-11-22(36)20-42-2)33-27(31-24)21-9-5-4-6-10-21/h4-6,9-10,19,22-23H,3,7-8,11-18,20H2,1-2H3,(H,32,39)(H,37,38). The fourth-order valence-corrected chi connectivity index (χ4v) is 5.38. The Hall–Kier alpha value is -4.26. The van der Waals surface area contributed by atoms with Crippen LogP contribution in [0.3, 0.4) is 0 Å². The summed E-state index contributed by atoms with van der Waals surface area (Å²) in [7, 11) is 1.66. The molecule has 2 aromatic rings. The fraction of sp³-hybridized carbons (Fsp3) is 0.533. The van der Waals surface area contributed by atoms with Crippen LogP contribution in [0.4, 0.5) is 10.6 Å². The third kappa shape index (κ3) is 8.40. The lowest BCUT2D eigenvalue weighted by molar-refractivity contribution is -0.138. The normalized spacial score (nSPS) is 17.7. The number of ether oxygens (including phenoxy) is 2. The summed E-state index contributed by atoms with van der Waals surface area (Å²) in [6.45, 7) is 4.27. The van der Waals surface area contributed by atoms with Gasteiger partial charge in [0, 0.05) is 57.9 Å². The topological polar surface area (TPSA) is 154 Å². The first kappa shape index (κ1) is 31.7. The molecular formula is C30H40N6O7. The number of carboxylic acids is 1. The van der Waals surface area contributed by atoms with Gasteiger partial charge in [-0.1, -0.05) is 30.3 Å². The van der Waals surface area contributed by atoms with Crippen molar-refractivity contribution < 1.29 is 33.8 Å². The molecule has 2 aliphatic heterocycles. The molecule has 3 amide bonds. The number of piperazine rings is 1. The SMILES string of the molecule is CCOC(=O)N1CCN(C(=O)C(CCC(=O)O)NC(=O)c2cc(N3CCCCC3COC)nc(-c3ccccc3)n2)CC1. The zero-order valence-electron chi connectivity index (χ0n) is 24.7. The summed E-state index contributed by atoms with van der Waals surface area (Å²) in [5.41, 5.74) is 0.808. The molecule has 3 heterocycles. The van der Waals surface area contributed by atoms with Crippen LogP contribution in [0.5, 0.6) is 0 Å². The highest BCUT2D eigenvalue weighted by Gasteiger charge is 2.32. The lowest BCUT2D eigenvalue weighted by Gasteiger charge is -2.36. The lowest BCUT2D eigenvalue weighted by Crippen LogP contribution is -2.56. The van der Waals surface area contributed by atoms with Crippen molar-refractivity contribution in [3.05, 3.63) is 42.1 Å². The van der Waals surface area contributed by atoms with Crippen molar-refractivity contribution in [3.8, 4) is 11.4 Å². The van der Waals surface area contributed by atoms with Gasteiger partial charge in [-0.05, 0) is 32.6 Å². The molecule has 232 valence electrons. The molecule has 0 aliphatic carbocycles. The van der Waals surface area contributed by atoms with E-state index in [1.54, 1.807) is 20.1 Å². The van der Waals surface area contributed by atoms with Crippen LogP contribution in [0, 0.1) is 0 Å². The largest absolute Gasteiger partial charge is 0.481 e. The van der Waals surface area contributed by atoms with Gasteiger partial charge in [-0.2, -0.15) is 0 Å². The smallest absolute Gasteiger partial charge is 0.409 e. The number of hydrogen-bond acceptors (Lipinski definition) is 9. The molecule has 2 atom stereocenters. The molecule has 0 bridgehead atoms. The van der Waals surface area contributed by atoms with Gasteiger partial charge in [0.1, 0.15) is 17.6 Å². The summed E-state index contributed by atoms with van der Waals surface area (Å²) in [6.07, 6.45) is 2.12. The molecule has 43 heavy (non-hydrogen) atoms. The van der Waals surface area contributed by atoms with Crippen molar-refractivity contribution in [1.29, 1.82) is 0 Å². The Bertz CT molecular complexity index is 1270. The molecule has 2 N–H and O–H groups in total. The number of methoxy groups -OCH3 is 1. The van der Waals surface area contributed by atoms with Crippen molar-refractivity contribution in [3.63, 3.8) is 0 Å². The van der Waals surface area contributed by atoms with E-state index in [9.17, 15) is 24.3 Å². The summed E-state index contributed by atoms with van der Waals surface area (Å²) < 4.78 is 10.5. The van der Waals surface area contributed by atoms with E-state index < -0.39 is 29.9 Å². The van der Waals surface area contributed by atoms with Gasteiger partial charge >= 0.3 is 12.1 Å². The number of aliphatic carboxylic acids is 1. The van der Waals surface area contributed by atoms with Crippen LogP contribution in [0.25, 0.3) is 11.4 Å². The Kier molecular flexibility index (Phi) is 11.3. The van der Waals surface area contributed by atoms with Crippen molar-refractivity contribution in [2.45, 2.75) is 51.1 Å². The summed E-state index contributed by atoms with van der Waals surface area (Å²) in [6, 6.07) is 9.94. The number of anilines is 1. The molecule has 0 spiro atoms. The Labute approximate surface area is 251 Å². The quantitative estimate of drug-likeness (QED) is 0.395. The number of aromatic nitrogens is 2. The molecule has 2 aliphatic rings. The lowest BCUT2D eigenvalue weighted by atomic mass is 10.0. The van der Waals surface area contributed by atoms with Crippen LogP contribution in [-0.4, -0.2) is 114 Å². The third-order valence-corrected chi connectivity index (χ3v) is 7.63. The van der Waals surface area contributed by atoms with Gasteiger partial charge in [0.25, 0.3) is 5.91 Å². The molecule has 4 rings (SSSR count). The van der Waals surface area contributed by atoms with E-state index in [1.165, 1.54) is 9.80 Å². The molecule has 13 heteroatoms. The Morgan fingerprint density at radius 2 is 1.74 bits per heavy atom. The van der Waals surface area contributed by atoms with Gasteiger partial charge in [-0.25, -0.2) is 14.8 Å². The van der Waals surface area contributed by atoms with Crippen LogP contribution in [0.15, 0.2) is 36.4 Å². The maximum absolute atomic E-state index is 13.7. The second-order valence-electron chi connectivity index (χ2n) is 10.6. The molecule has 2 fully saturated rings. The molecule has 0 radical (unpaired) electrons. The predicted octanol–water partition coefficient (Wildman–Crippen LogP) is 2.41. The van der Waals surface area contributed by atoms with Crippen LogP contribution in [0.1, 0.15) is 49.5 Å². The molecular weight excluding hydrogens is 556 g/mol. The first-order valence-electron chi connectivity index (χ1n) is 14.7. The van der Waals surface area contributed by atoms with Crippen LogP contribution < -0.4 is 10.2 Å². The molecule has 1 aromatic carbocycles. The molecule has 13 nitrogen and oxygen atoms in total. The summed E-state index contributed by atoms with van der Waals surface area (Å²) in [5, 5.41) is 12.1. The first-order valence-corrected chi connectivity index (χ1v) is 14.7. The third-order valence-electron chi connectivity index (χ3n) is 7.63. The number of carbonyl (C=O) groups is 4. The zero-order chi connectivity index (χ0) is 30.8. The minimum atomic E-state index is -1.09. The Morgan fingerprint density at radius 3 is 2.42 bits per heavy atom. The maximum Gasteiger partial charge on any atom is 0.409 e. The Balaban J connectivity index is 1.58. The van der Waals surface area contributed by atoms with E-state index >= 15 is 0 Å². The predicted molar refractivity (Wildman–Crippen MR) is 158 cm³/mol. The van der Waals surface area contributed by atoms with Gasteiger partial charge in [0.2, 0.25) is 5.91 Å². The maximum atomic E-state index is 13.7. The summed E-state index contributed by atoms with van der Waals surface area (Å²) in [4.78, 5) is 65.3. The number of carboxylic acid groups (broad SMARTS) is 1. The summed E-state index contributed by atoms with van der Waals surface area (Å²) in [5.74, 6) is -1.14. The van der Waals surface area contributed by atoms with Crippen LogP contribution >= 0.6 is 0 Å². The van der Waals surface area contributed by atoms with E-state index in [4.69, 9.17) is 14.5 Å². The van der Waals surface area contributed by atoms with Crippen molar-refractivity contribution >= 4 is 29.7 Å². The van der Waals surface area contributed by atoms with Gasteiger partial charge in [0.15, 0.2) is 5.82 Å². The Morgan fingerprint density at radius 1 is 1.02 bits per heavy atom. The van der Waals surface area contributed by atoms with E-state index in [0.717, 1.165) is 31.4 Å². The van der Waals surface area contributed by atoms with Gasteiger partial charge < -0.3 is 34.6 Å². The monoisotopic (exact) mass is 596 g/mol. The fourth-order valence-electron chi connectivity index (χ4n) is 5.38. The molecule has 0 saturated carbocycles. The highest BCUT2D eigenvalue weighted by atomic mass is 16.6. The highest BCUT2D eigenvalue weighted by molar-refractivity contribution is 5.97. The number of piperidine rings is 1. The van der Waals surface area contributed by atoms with Crippen LogP contribution in [-0.2, 0) is 19.1 Å². The number of rotatable bonds is 11. The highest BCUT2D eigenvalue weighted by Crippen LogP contribution is 2.27. The minimum Gasteiger partial charge on any atom is -0.481 e. The molecule has 2 saturated heterocycles. The average Bonchev–Trinajstić information content (AvgIpc) is 3.03. The number of nitrogens with one attached hydrogen (secondary N) is 1. The second kappa shape index (κ2) is 15.3. The number of hydrogen-bond donors (Lipinski definition) is 2. The van der Waals surface area contributed by atoms with E-state index in [0.29, 0.717) is 18.2 Å². The van der Waals surface area contributed by atoms with Gasteiger partial charge in [0.05, 0.1) is 19.3 Å². The number of carbonyl (C=O) groups excluding carboxylic acids is 3. The number of amides is 3. The van der Waals surface area contributed by atoms with Crippen LogP contribution in [0.2, 0.25) is 0 Å². The summed E-state index contributed by atoms with van der Waals surface area (Å²) >= 11 is 0. The van der Waals surface area contributed by atoms with Crippen molar-refractivity contribution in [1.82, 2.24) is 25.1 Å². The zero-order valence-corrected chi connectivity index (χ0v) is 24.7.